The average molecular weight is 697 g/mol. The van der Waals surface area contributed by atoms with Crippen LogP contribution in [0.25, 0.3) is 5.57 Å². The third-order valence-electron chi connectivity index (χ3n) is 8.41. The van der Waals surface area contributed by atoms with Crippen molar-refractivity contribution < 1.29 is 46.5 Å². The molecule has 0 unspecified atom stereocenters. The van der Waals surface area contributed by atoms with E-state index in [-0.39, 0.29) is 24.7 Å². The summed E-state index contributed by atoms with van der Waals surface area (Å²) < 4.78 is 60.4. The van der Waals surface area contributed by atoms with Crippen molar-refractivity contribution in [2.75, 3.05) is 19.0 Å². The Morgan fingerprint density at radius 1 is 1.00 bits per heavy atom. The molecule has 1 spiro atoms. The summed E-state index contributed by atoms with van der Waals surface area (Å²) in [5.41, 5.74) is 1.50. The zero-order valence-corrected chi connectivity index (χ0v) is 29.0. The van der Waals surface area contributed by atoms with Crippen LogP contribution in [0.15, 0.2) is 72.5 Å². The molecule has 1 saturated carbocycles. The predicted molar refractivity (Wildman–Crippen MR) is 183 cm³/mol. The van der Waals surface area contributed by atoms with Crippen LogP contribution < -0.4 is 15.4 Å². The largest absolute Gasteiger partial charge is 0.513 e. The minimum atomic E-state index is -4.59. The second-order valence-corrected chi connectivity index (χ2v) is 12.5. The normalized spacial score (nSPS) is 18.7. The number of rotatable bonds is 8. The van der Waals surface area contributed by atoms with Crippen LogP contribution in [0.3, 0.4) is 0 Å². The topological polar surface area (TPSA) is 112 Å². The highest BCUT2D eigenvalue weighted by Crippen LogP contribution is 2.44. The van der Waals surface area contributed by atoms with Gasteiger partial charge in [0.2, 0.25) is 0 Å². The number of hydrogen-bond acceptors (Lipinski definition) is 7. The molecule has 1 aliphatic carbocycles. The van der Waals surface area contributed by atoms with Gasteiger partial charge in [-0.2, -0.15) is 13.2 Å². The first kappa shape index (κ1) is 38.0. The van der Waals surface area contributed by atoms with Crippen LogP contribution in [-0.4, -0.2) is 49.4 Å². The number of anilines is 1. The van der Waals surface area contributed by atoms with Crippen molar-refractivity contribution in [3.05, 3.63) is 100 Å². The number of hydrogen-bond donors (Lipinski definition) is 2. The van der Waals surface area contributed by atoms with Crippen molar-refractivity contribution in [2.24, 2.45) is 0 Å². The summed E-state index contributed by atoms with van der Waals surface area (Å²) >= 11 is 0. The van der Waals surface area contributed by atoms with E-state index >= 15 is 0 Å². The van der Waals surface area contributed by atoms with Gasteiger partial charge in [0.25, 0.3) is 11.8 Å². The standard InChI is InChI=1S/C21H27NO5.C17H16F3NO2/c1-5-26-20(24)27-18-17(16-12-13(2)6-7-14(16)3)19(23)22-21(18)10-8-15(25-4)9-11-21;1-11(2)23-13-7-5-6-12(10-13)21-16(22)14-8-3-4-9-15(14)17(18,19)20/h6-7,12,15H,5,8-11H2,1-4H3,(H,22,23);3-11H,1-2H3,(H,21,22). The molecule has 9 nitrogen and oxygen atoms in total. The molecular formula is C38H43F3N2O7. The van der Waals surface area contributed by atoms with E-state index in [1.807, 2.05) is 45.9 Å². The number of carbonyl (C=O) groups is 3. The average Bonchev–Trinajstić information content (AvgIpc) is 3.31. The summed E-state index contributed by atoms with van der Waals surface area (Å²) in [6.07, 6.45) is -2.39. The molecule has 3 aromatic carbocycles. The summed E-state index contributed by atoms with van der Waals surface area (Å²) in [4.78, 5) is 37.3. The van der Waals surface area contributed by atoms with Gasteiger partial charge in [-0.05, 0) is 95.7 Å². The van der Waals surface area contributed by atoms with Crippen LogP contribution >= 0.6 is 0 Å². The Balaban J connectivity index is 0.000000228. The molecule has 2 aliphatic rings. The first-order chi connectivity index (χ1) is 23.7. The first-order valence-electron chi connectivity index (χ1n) is 16.4. The SMILES string of the molecule is CC(C)Oc1cccc(NC(=O)c2ccccc2C(F)(F)F)c1.CCOC(=O)OC1=C(c2cc(C)ccc2C)C(=O)NC12CCC(OC)CC2. The van der Waals surface area contributed by atoms with Gasteiger partial charge in [-0.1, -0.05) is 42.0 Å². The van der Waals surface area contributed by atoms with E-state index in [0.29, 0.717) is 35.6 Å². The molecule has 2 N–H and O–H groups in total. The lowest BCUT2D eigenvalue weighted by atomic mass is 9.79. The molecule has 1 fully saturated rings. The number of methoxy groups -OCH3 is 1. The van der Waals surface area contributed by atoms with Gasteiger partial charge in [0.1, 0.15) is 11.5 Å². The molecule has 2 amide bonds. The first-order valence-corrected chi connectivity index (χ1v) is 16.4. The maximum Gasteiger partial charge on any atom is 0.513 e. The smallest absolute Gasteiger partial charge is 0.491 e. The summed E-state index contributed by atoms with van der Waals surface area (Å²) in [5, 5.41) is 5.57. The van der Waals surface area contributed by atoms with Crippen molar-refractivity contribution in [3.63, 3.8) is 0 Å². The van der Waals surface area contributed by atoms with E-state index in [1.54, 1.807) is 38.3 Å². The van der Waals surface area contributed by atoms with Crippen LogP contribution in [-0.2, 0) is 25.2 Å². The van der Waals surface area contributed by atoms with Crippen LogP contribution in [0.1, 0.15) is 79.1 Å². The zero-order valence-electron chi connectivity index (χ0n) is 29.0. The number of ether oxygens (including phenoxy) is 4. The lowest BCUT2D eigenvalue weighted by Crippen LogP contribution is -2.49. The molecule has 12 heteroatoms. The van der Waals surface area contributed by atoms with Crippen LogP contribution in [0.2, 0.25) is 0 Å². The van der Waals surface area contributed by atoms with Gasteiger partial charge in [-0.25, -0.2) is 4.79 Å². The molecule has 5 rings (SSSR count). The number of benzene rings is 3. The van der Waals surface area contributed by atoms with Crippen LogP contribution in [0.5, 0.6) is 5.75 Å². The molecule has 0 radical (unpaired) electrons. The summed E-state index contributed by atoms with van der Waals surface area (Å²) in [7, 11) is 1.70. The summed E-state index contributed by atoms with van der Waals surface area (Å²) in [6, 6.07) is 17.1. The molecular weight excluding hydrogens is 653 g/mol. The van der Waals surface area contributed by atoms with Crippen molar-refractivity contribution in [2.45, 2.75) is 84.2 Å². The maximum absolute atomic E-state index is 13.0. The van der Waals surface area contributed by atoms with Crippen molar-refractivity contribution in [1.82, 2.24) is 5.32 Å². The monoisotopic (exact) mass is 696 g/mol. The van der Waals surface area contributed by atoms with E-state index in [2.05, 4.69) is 10.6 Å². The predicted octanol–water partition coefficient (Wildman–Crippen LogP) is 8.39. The maximum atomic E-state index is 13.0. The van der Waals surface area contributed by atoms with Gasteiger partial charge >= 0.3 is 12.3 Å². The molecule has 3 aromatic rings. The van der Waals surface area contributed by atoms with E-state index in [1.165, 1.54) is 12.1 Å². The fourth-order valence-electron chi connectivity index (χ4n) is 6.03. The van der Waals surface area contributed by atoms with Gasteiger partial charge in [0.15, 0.2) is 0 Å². The number of amides is 2. The molecule has 0 saturated heterocycles. The third kappa shape index (κ3) is 9.23. The Labute approximate surface area is 290 Å². The lowest BCUT2D eigenvalue weighted by molar-refractivity contribution is -0.137. The van der Waals surface area contributed by atoms with Crippen molar-refractivity contribution >= 4 is 29.2 Å². The Hall–Kier alpha value is -4.84. The van der Waals surface area contributed by atoms with Crippen molar-refractivity contribution in [3.8, 4) is 5.75 Å². The van der Waals surface area contributed by atoms with Crippen LogP contribution in [0.4, 0.5) is 23.7 Å². The molecule has 50 heavy (non-hydrogen) atoms. The van der Waals surface area contributed by atoms with Crippen molar-refractivity contribution in [1.29, 1.82) is 0 Å². The highest BCUT2D eigenvalue weighted by molar-refractivity contribution is 6.24. The Kier molecular flexibility index (Phi) is 12.3. The quantitative estimate of drug-likeness (QED) is 0.228. The highest BCUT2D eigenvalue weighted by Gasteiger charge is 2.50. The molecule has 0 bridgehead atoms. The number of carbonyl (C=O) groups excluding carboxylic acids is 3. The van der Waals surface area contributed by atoms with Gasteiger partial charge in [0, 0.05) is 18.9 Å². The molecule has 1 aliphatic heterocycles. The highest BCUT2D eigenvalue weighted by atomic mass is 19.4. The van der Waals surface area contributed by atoms with E-state index < -0.39 is 34.9 Å². The lowest BCUT2D eigenvalue weighted by Gasteiger charge is -2.37. The number of nitrogens with one attached hydrogen (secondary N) is 2. The van der Waals surface area contributed by atoms with Gasteiger partial charge in [-0.3, -0.25) is 9.59 Å². The minimum Gasteiger partial charge on any atom is -0.491 e. The third-order valence-corrected chi connectivity index (χ3v) is 8.41. The van der Waals surface area contributed by atoms with Gasteiger partial charge < -0.3 is 29.6 Å². The summed E-state index contributed by atoms with van der Waals surface area (Å²) in [6.45, 7) is 9.56. The fourth-order valence-corrected chi connectivity index (χ4v) is 6.03. The molecule has 0 aromatic heterocycles. The molecule has 268 valence electrons. The van der Waals surface area contributed by atoms with Gasteiger partial charge in [-0.15, -0.1) is 0 Å². The second-order valence-electron chi connectivity index (χ2n) is 12.5. The molecule has 0 atom stereocenters. The van der Waals surface area contributed by atoms with E-state index in [4.69, 9.17) is 18.9 Å². The van der Waals surface area contributed by atoms with E-state index in [0.717, 1.165) is 41.7 Å². The van der Waals surface area contributed by atoms with Crippen LogP contribution in [0, 0.1) is 13.8 Å². The Morgan fingerprint density at radius 2 is 1.70 bits per heavy atom. The van der Waals surface area contributed by atoms with Gasteiger partial charge in [0.05, 0.1) is 41.1 Å². The second kappa shape index (κ2) is 16.2. The Morgan fingerprint density at radius 3 is 2.34 bits per heavy atom. The fraction of sp³-hybridized carbons (Fsp3) is 0.395. The minimum absolute atomic E-state index is 0.0492. The number of alkyl halides is 3. The Bertz CT molecular complexity index is 1730. The summed E-state index contributed by atoms with van der Waals surface area (Å²) in [5.74, 6) is -0.116. The number of aryl methyl sites for hydroxylation is 2. The number of halogens is 3. The van der Waals surface area contributed by atoms with E-state index in [9.17, 15) is 27.6 Å². The molecule has 1 heterocycles. The zero-order chi connectivity index (χ0) is 36.6.